The SMILES string of the molecule is Cc1ccccc1C(C)Nc1ccc2nnc(-c3ccsc3)n2n1. The number of aryl methyl sites for hydroxylation is 1. The molecule has 0 saturated heterocycles. The summed E-state index contributed by atoms with van der Waals surface area (Å²) in [6, 6.07) is 14.4. The van der Waals surface area contributed by atoms with Crippen LogP contribution >= 0.6 is 11.3 Å². The minimum atomic E-state index is 0.164. The fraction of sp³-hybridized carbons (Fsp3) is 0.167. The van der Waals surface area contributed by atoms with E-state index in [1.807, 2.05) is 29.0 Å². The first-order valence-electron chi connectivity index (χ1n) is 7.79. The van der Waals surface area contributed by atoms with Crippen molar-refractivity contribution in [3.63, 3.8) is 0 Å². The Hall–Kier alpha value is -2.73. The van der Waals surface area contributed by atoms with Gasteiger partial charge in [0, 0.05) is 10.9 Å². The zero-order valence-electron chi connectivity index (χ0n) is 13.5. The molecule has 4 rings (SSSR count). The van der Waals surface area contributed by atoms with Crippen molar-refractivity contribution in [2.75, 3.05) is 5.32 Å². The molecule has 1 unspecified atom stereocenters. The number of nitrogens with one attached hydrogen (secondary N) is 1. The third-order valence-electron chi connectivity index (χ3n) is 4.06. The Morgan fingerprint density at radius 1 is 1.08 bits per heavy atom. The molecule has 0 spiro atoms. The minimum Gasteiger partial charge on any atom is -0.362 e. The number of benzene rings is 1. The molecule has 120 valence electrons. The molecule has 0 bridgehead atoms. The zero-order valence-corrected chi connectivity index (χ0v) is 14.3. The average Bonchev–Trinajstić information content (AvgIpc) is 3.23. The van der Waals surface area contributed by atoms with E-state index in [0.29, 0.717) is 0 Å². The van der Waals surface area contributed by atoms with Gasteiger partial charge < -0.3 is 5.32 Å². The van der Waals surface area contributed by atoms with Gasteiger partial charge in [0.15, 0.2) is 11.5 Å². The lowest BCUT2D eigenvalue weighted by Crippen LogP contribution is -2.10. The van der Waals surface area contributed by atoms with Gasteiger partial charge in [-0.15, -0.1) is 15.3 Å². The highest BCUT2D eigenvalue weighted by molar-refractivity contribution is 7.08. The fourth-order valence-corrected chi connectivity index (χ4v) is 3.44. The van der Waals surface area contributed by atoms with E-state index in [9.17, 15) is 0 Å². The Kier molecular flexibility index (Phi) is 3.74. The summed E-state index contributed by atoms with van der Waals surface area (Å²) in [6.45, 7) is 4.26. The van der Waals surface area contributed by atoms with Gasteiger partial charge in [-0.2, -0.15) is 15.9 Å². The number of fused-ring (bicyclic) bond motifs is 1. The van der Waals surface area contributed by atoms with Crippen LogP contribution < -0.4 is 5.32 Å². The number of anilines is 1. The van der Waals surface area contributed by atoms with Crippen LogP contribution in [0.4, 0.5) is 5.82 Å². The lowest BCUT2D eigenvalue weighted by atomic mass is 10.0. The van der Waals surface area contributed by atoms with E-state index < -0.39 is 0 Å². The molecule has 0 aliphatic heterocycles. The summed E-state index contributed by atoms with van der Waals surface area (Å²) in [5.41, 5.74) is 4.30. The summed E-state index contributed by atoms with van der Waals surface area (Å²) < 4.78 is 1.79. The molecule has 6 heteroatoms. The summed E-state index contributed by atoms with van der Waals surface area (Å²) in [5, 5.41) is 20.7. The number of aromatic nitrogens is 4. The predicted molar refractivity (Wildman–Crippen MR) is 97.3 cm³/mol. The molecule has 3 heterocycles. The first-order valence-corrected chi connectivity index (χ1v) is 8.74. The molecular formula is C18H17N5S. The van der Waals surface area contributed by atoms with Gasteiger partial charge in [0.2, 0.25) is 0 Å². The second kappa shape index (κ2) is 6.05. The van der Waals surface area contributed by atoms with Crippen molar-refractivity contribution in [2.24, 2.45) is 0 Å². The Morgan fingerprint density at radius 3 is 2.75 bits per heavy atom. The van der Waals surface area contributed by atoms with E-state index in [-0.39, 0.29) is 6.04 Å². The average molecular weight is 335 g/mol. The maximum atomic E-state index is 4.67. The van der Waals surface area contributed by atoms with E-state index in [4.69, 9.17) is 0 Å². The molecule has 0 fully saturated rings. The van der Waals surface area contributed by atoms with Crippen molar-refractivity contribution in [2.45, 2.75) is 19.9 Å². The molecule has 4 aromatic rings. The summed E-state index contributed by atoms with van der Waals surface area (Å²) in [7, 11) is 0. The van der Waals surface area contributed by atoms with Crippen molar-refractivity contribution in [1.29, 1.82) is 0 Å². The number of nitrogens with zero attached hydrogens (tertiary/aromatic N) is 4. The largest absolute Gasteiger partial charge is 0.362 e. The molecule has 5 nitrogen and oxygen atoms in total. The van der Waals surface area contributed by atoms with E-state index in [1.54, 1.807) is 15.9 Å². The topological polar surface area (TPSA) is 55.1 Å². The summed E-state index contributed by atoms with van der Waals surface area (Å²) in [6.07, 6.45) is 0. The maximum Gasteiger partial charge on any atom is 0.186 e. The molecule has 0 aliphatic rings. The van der Waals surface area contributed by atoms with Crippen LogP contribution in [0.2, 0.25) is 0 Å². The van der Waals surface area contributed by atoms with Gasteiger partial charge in [-0.3, -0.25) is 0 Å². The summed E-state index contributed by atoms with van der Waals surface area (Å²) in [5.74, 6) is 1.56. The van der Waals surface area contributed by atoms with E-state index in [1.165, 1.54) is 11.1 Å². The van der Waals surface area contributed by atoms with Crippen molar-refractivity contribution < 1.29 is 0 Å². The van der Waals surface area contributed by atoms with Gasteiger partial charge in [-0.1, -0.05) is 24.3 Å². The van der Waals surface area contributed by atoms with Gasteiger partial charge in [0.25, 0.3) is 0 Å². The Labute approximate surface area is 144 Å². The highest BCUT2D eigenvalue weighted by atomic mass is 32.1. The smallest absolute Gasteiger partial charge is 0.186 e. The molecule has 1 aromatic carbocycles. The van der Waals surface area contributed by atoms with Gasteiger partial charge in [0.05, 0.1) is 6.04 Å². The van der Waals surface area contributed by atoms with Crippen molar-refractivity contribution in [1.82, 2.24) is 19.8 Å². The lowest BCUT2D eigenvalue weighted by molar-refractivity contribution is 0.840. The second-order valence-corrected chi connectivity index (χ2v) is 6.53. The maximum absolute atomic E-state index is 4.67. The molecule has 1 atom stereocenters. The predicted octanol–water partition coefficient (Wildman–Crippen LogP) is 4.33. The highest BCUT2D eigenvalue weighted by Crippen LogP contribution is 2.23. The van der Waals surface area contributed by atoms with Crippen LogP contribution in [-0.4, -0.2) is 19.8 Å². The lowest BCUT2D eigenvalue weighted by Gasteiger charge is -2.17. The Morgan fingerprint density at radius 2 is 1.96 bits per heavy atom. The fourth-order valence-electron chi connectivity index (χ4n) is 2.81. The quantitative estimate of drug-likeness (QED) is 0.603. The van der Waals surface area contributed by atoms with Crippen LogP contribution in [0.25, 0.3) is 17.0 Å². The van der Waals surface area contributed by atoms with Crippen molar-refractivity contribution in [3.8, 4) is 11.4 Å². The van der Waals surface area contributed by atoms with Gasteiger partial charge >= 0.3 is 0 Å². The highest BCUT2D eigenvalue weighted by Gasteiger charge is 2.12. The van der Waals surface area contributed by atoms with Crippen LogP contribution in [0.3, 0.4) is 0 Å². The van der Waals surface area contributed by atoms with Crippen LogP contribution in [-0.2, 0) is 0 Å². The summed E-state index contributed by atoms with van der Waals surface area (Å²) >= 11 is 1.64. The number of hydrogen-bond acceptors (Lipinski definition) is 5. The molecule has 0 aliphatic carbocycles. The first kappa shape index (κ1) is 14.8. The number of rotatable bonds is 4. The van der Waals surface area contributed by atoms with Crippen LogP contribution in [0.5, 0.6) is 0 Å². The third kappa shape index (κ3) is 2.65. The van der Waals surface area contributed by atoms with Crippen molar-refractivity contribution >= 4 is 22.8 Å². The standard InChI is InChI=1S/C18H17N5S/c1-12-5-3-4-6-15(12)13(2)19-16-7-8-17-20-21-18(23(17)22-16)14-9-10-24-11-14/h3-11,13H,1-2H3,(H,19,22). The second-order valence-electron chi connectivity index (χ2n) is 5.75. The number of hydrogen-bond donors (Lipinski definition) is 1. The molecular weight excluding hydrogens is 318 g/mol. The van der Waals surface area contributed by atoms with E-state index in [2.05, 4.69) is 58.7 Å². The third-order valence-corrected chi connectivity index (χ3v) is 4.74. The van der Waals surface area contributed by atoms with Crippen LogP contribution in [0.1, 0.15) is 24.1 Å². The Bertz CT molecular complexity index is 974. The van der Waals surface area contributed by atoms with Crippen molar-refractivity contribution in [3.05, 3.63) is 64.4 Å². The van der Waals surface area contributed by atoms with Gasteiger partial charge in [0.1, 0.15) is 5.82 Å². The Balaban J connectivity index is 1.68. The minimum absolute atomic E-state index is 0.164. The normalized spacial score (nSPS) is 12.4. The first-order chi connectivity index (χ1) is 11.7. The molecule has 24 heavy (non-hydrogen) atoms. The van der Waals surface area contributed by atoms with E-state index >= 15 is 0 Å². The van der Waals surface area contributed by atoms with Gasteiger partial charge in [-0.25, -0.2) is 0 Å². The number of thiophene rings is 1. The van der Waals surface area contributed by atoms with Crippen LogP contribution in [0.15, 0.2) is 53.2 Å². The monoisotopic (exact) mass is 335 g/mol. The molecule has 3 aromatic heterocycles. The molecule has 0 radical (unpaired) electrons. The summed E-state index contributed by atoms with van der Waals surface area (Å²) in [4.78, 5) is 0. The van der Waals surface area contributed by atoms with Crippen LogP contribution in [0, 0.1) is 6.92 Å². The van der Waals surface area contributed by atoms with Gasteiger partial charge in [-0.05, 0) is 48.6 Å². The molecule has 0 amide bonds. The zero-order chi connectivity index (χ0) is 16.5. The molecule has 1 N–H and O–H groups in total. The molecule has 0 saturated carbocycles. The van der Waals surface area contributed by atoms with E-state index in [0.717, 1.165) is 22.9 Å².